The Morgan fingerprint density at radius 2 is 0.882 bits per heavy atom. The van der Waals surface area contributed by atoms with Crippen LogP contribution in [0.15, 0.2) is 180 Å². The standard InChI is InChI=1S/C47H29N3O/c1-3-14-34(15-4-1)45-48-46(35-16-5-2-6-17-35)50-47(49-45)40-28-36(29-42-44(40)43-39-20-10-8-13-32(39)26-27-41(43)51-42)30-22-24-33(25-23-30)38-21-11-18-31-12-7-9-19-37(31)38/h1-29H. The van der Waals surface area contributed by atoms with E-state index in [9.17, 15) is 0 Å². The van der Waals surface area contributed by atoms with Gasteiger partial charge in [-0.2, -0.15) is 0 Å². The van der Waals surface area contributed by atoms with Gasteiger partial charge in [-0.25, -0.2) is 15.0 Å². The molecule has 0 saturated heterocycles. The summed E-state index contributed by atoms with van der Waals surface area (Å²) in [7, 11) is 0. The number of fused-ring (bicyclic) bond motifs is 6. The molecule has 4 nitrogen and oxygen atoms in total. The average Bonchev–Trinajstić information content (AvgIpc) is 3.60. The summed E-state index contributed by atoms with van der Waals surface area (Å²) < 4.78 is 6.68. The van der Waals surface area contributed by atoms with Gasteiger partial charge < -0.3 is 4.42 Å². The average molecular weight is 652 g/mol. The van der Waals surface area contributed by atoms with Crippen LogP contribution in [0.2, 0.25) is 0 Å². The van der Waals surface area contributed by atoms with E-state index in [1.165, 1.54) is 21.9 Å². The van der Waals surface area contributed by atoms with Crippen molar-refractivity contribution in [2.75, 3.05) is 0 Å². The Kier molecular flexibility index (Phi) is 6.78. The third kappa shape index (κ3) is 5.04. The fraction of sp³-hybridized carbons (Fsp3) is 0. The minimum atomic E-state index is 0.595. The first-order valence-corrected chi connectivity index (χ1v) is 17.1. The largest absolute Gasteiger partial charge is 0.456 e. The van der Waals surface area contributed by atoms with Gasteiger partial charge in [0.25, 0.3) is 0 Å². The Hall–Kier alpha value is -6.91. The Morgan fingerprint density at radius 1 is 0.314 bits per heavy atom. The summed E-state index contributed by atoms with van der Waals surface area (Å²) >= 11 is 0. The molecule has 0 unspecified atom stereocenters. The molecule has 0 aliphatic heterocycles. The maximum atomic E-state index is 6.68. The van der Waals surface area contributed by atoms with E-state index >= 15 is 0 Å². The maximum Gasteiger partial charge on any atom is 0.164 e. The van der Waals surface area contributed by atoms with Crippen molar-refractivity contribution in [3.63, 3.8) is 0 Å². The van der Waals surface area contributed by atoms with E-state index in [-0.39, 0.29) is 0 Å². The van der Waals surface area contributed by atoms with E-state index in [1.54, 1.807) is 0 Å². The molecule has 0 atom stereocenters. The van der Waals surface area contributed by atoms with Crippen LogP contribution < -0.4 is 0 Å². The topological polar surface area (TPSA) is 51.8 Å². The highest BCUT2D eigenvalue weighted by atomic mass is 16.3. The summed E-state index contributed by atoms with van der Waals surface area (Å²) in [6.45, 7) is 0. The van der Waals surface area contributed by atoms with Crippen LogP contribution in [0.3, 0.4) is 0 Å². The van der Waals surface area contributed by atoms with Gasteiger partial charge in [-0.05, 0) is 62.0 Å². The minimum absolute atomic E-state index is 0.595. The van der Waals surface area contributed by atoms with Crippen molar-refractivity contribution in [3.8, 4) is 56.4 Å². The monoisotopic (exact) mass is 651 g/mol. The third-order valence-electron chi connectivity index (χ3n) is 9.72. The molecule has 2 heterocycles. The molecule has 0 aliphatic rings. The Labute approximate surface area is 294 Å². The fourth-order valence-electron chi connectivity index (χ4n) is 7.26. The maximum absolute atomic E-state index is 6.68. The fourth-order valence-corrected chi connectivity index (χ4v) is 7.26. The zero-order valence-corrected chi connectivity index (χ0v) is 27.5. The lowest BCUT2D eigenvalue weighted by Crippen LogP contribution is -2.00. The van der Waals surface area contributed by atoms with Crippen molar-refractivity contribution < 1.29 is 4.42 Å². The summed E-state index contributed by atoms with van der Waals surface area (Å²) in [5.41, 5.74) is 8.85. The molecule has 0 spiro atoms. The quantitative estimate of drug-likeness (QED) is 0.186. The first-order chi connectivity index (χ1) is 25.3. The van der Waals surface area contributed by atoms with Crippen LogP contribution in [-0.2, 0) is 0 Å². The zero-order chi connectivity index (χ0) is 33.7. The second-order valence-corrected chi connectivity index (χ2v) is 12.8. The van der Waals surface area contributed by atoms with Gasteiger partial charge in [0, 0.05) is 27.5 Å². The highest BCUT2D eigenvalue weighted by Gasteiger charge is 2.21. The molecule has 0 amide bonds. The molecule has 0 radical (unpaired) electrons. The number of hydrogen-bond donors (Lipinski definition) is 0. The number of hydrogen-bond acceptors (Lipinski definition) is 4. The SMILES string of the molecule is c1ccc(-c2nc(-c3ccccc3)nc(-c3cc(-c4ccc(-c5cccc6ccccc56)cc4)cc4oc5ccc6ccccc6c5c34)n2)cc1. The second kappa shape index (κ2) is 11.9. The van der Waals surface area contributed by atoms with Gasteiger partial charge >= 0.3 is 0 Å². The molecule has 0 N–H and O–H groups in total. The highest BCUT2D eigenvalue weighted by molar-refractivity contribution is 6.23. The summed E-state index contributed by atoms with van der Waals surface area (Å²) in [4.78, 5) is 15.3. The van der Waals surface area contributed by atoms with Crippen LogP contribution in [-0.4, -0.2) is 15.0 Å². The molecule has 0 bridgehead atoms. The van der Waals surface area contributed by atoms with Crippen LogP contribution in [0, 0.1) is 0 Å². The summed E-state index contributed by atoms with van der Waals surface area (Å²) in [6, 6.07) is 61.0. The van der Waals surface area contributed by atoms with Crippen LogP contribution in [0.5, 0.6) is 0 Å². The molecule has 0 aliphatic carbocycles. The Morgan fingerprint density at radius 3 is 1.59 bits per heavy atom. The first-order valence-electron chi connectivity index (χ1n) is 17.1. The predicted molar refractivity (Wildman–Crippen MR) is 209 cm³/mol. The molecule has 10 aromatic rings. The van der Waals surface area contributed by atoms with Gasteiger partial charge in [0.2, 0.25) is 0 Å². The number of benzene rings is 8. The van der Waals surface area contributed by atoms with E-state index in [4.69, 9.17) is 19.4 Å². The van der Waals surface area contributed by atoms with Gasteiger partial charge in [0.1, 0.15) is 11.2 Å². The lowest BCUT2D eigenvalue weighted by molar-refractivity contribution is 0.669. The molecule has 51 heavy (non-hydrogen) atoms. The van der Waals surface area contributed by atoms with E-state index in [1.807, 2.05) is 60.7 Å². The molecule has 8 aromatic carbocycles. The molecule has 0 fully saturated rings. The van der Waals surface area contributed by atoms with Crippen molar-refractivity contribution in [1.82, 2.24) is 15.0 Å². The van der Waals surface area contributed by atoms with E-state index in [2.05, 4.69) is 115 Å². The predicted octanol–water partition coefficient (Wildman–Crippen LogP) is 12.4. The Bertz CT molecular complexity index is 2830. The van der Waals surface area contributed by atoms with Crippen molar-refractivity contribution in [3.05, 3.63) is 176 Å². The molecular formula is C47H29N3O. The van der Waals surface area contributed by atoms with Gasteiger partial charge in [-0.15, -0.1) is 0 Å². The number of rotatable bonds is 5. The molecule has 238 valence electrons. The lowest BCUT2D eigenvalue weighted by atomic mass is 9.94. The first kappa shape index (κ1) is 29.0. The third-order valence-corrected chi connectivity index (χ3v) is 9.72. The number of nitrogens with zero attached hydrogens (tertiary/aromatic N) is 3. The zero-order valence-electron chi connectivity index (χ0n) is 27.5. The molecular weight excluding hydrogens is 623 g/mol. The van der Waals surface area contributed by atoms with E-state index in [0.29, 0.717) is 17.5 Å². The normalized spacial score (nSPS) is 11.5. The van der Waals surface area contributed by atoms with Gasteiger partial charge in [0.15, 0.2) is 17.5 Å². The second-order valence-electron chi connectivity index (χ2n) is 12.8. The minimum Gasteiger partial charge on any atom is -0.456 e. The van der Waals surface area contributed by atoms with Gasteiger partial charge in [-0.3, -0.25) is 0 Å². The van der Waals surface area contributed by atoms with Crippen molar-refractivity contribution in [2.24, 2.45) is 0 Å². The van der Waals surface area contributed by atoms with Crippen molar-refractivity contribution >= 4 is 43.5 Å². The van der Waals surface area contributed by atoms with Crippen molar-refractivity contribution in [1.29, 1.82) is 0 Å². The molecule has 4 heteroatoms. The van der Waals surface area contributed by atoms with Crippen LogP contribution >= 0.6 is 0 Å². The summed E-state index contributed by atoms with van der Waals surface area (Å²) in [5, 5.41) is 6.79. The molecule has 10 rings (SSSR count). The smallest absolute Gasteiger partial charge is 0.164 e. The van der Waals surface area contributed by atoms with Crippen molar-refractivity contribution in [2.45, 2.75) is 0 Å². The Balaban J connectivity index is 1.23. The lowest BCUT2D eigenvalue weighted by Gasteiger charge is -2.12. The highest BCUT2D eigenvalue weighted by Crippen LogP contribution is 2.43. The molecule has 2 aromatic heterocycles. The van der Waals surface area contributed by atoms with Crippen LogP contribution in [0.4, 0.5) is 0 Å². The number of furan rings is 1. The van der Waals surface area contributed by atoms with Crippen LogP contribution in [0.25, 0.3) is 99.9 Å². The van der Waals surface area contributed by atoms with E-state index in [0.717, 1.165) is 60.5 Å². The van der Waals surface area contributed by atoms with Gasteiger partial charge in [0.05, 0.1) is 0 Å². The van der Waals surface area contributed by atoms with Gasteiger partial charge in [-0.1, -0.05) is 158 Å². The summed E-state index contributed by atoms with van der Waals surface area (Å²) in [5.74, 6) is 1.84. The van der Waals surface area contributed by atoms with Crippen LogP contribution in [0.1, 0.15) is 0 Å². The number of aromatic nitrogens is 3. The summed E-state index contributed by atoms with van der Waals surface area (Å²) in [6.07, 6.45) is 0. The molecule has 0 saturated carbocycles. The van der Waals surface area contributed by atoms with E-state index < -0.39 is 0 Å².